The molecule has 1 aromatic carbocycles. The molecule has 0 saturated heterocycles. The molecule has 0 radical (unpaired) electrons. The van der Waals surface area contributed by atoms with E-state index in [1.54, 1.807) is 4.57 Å². The van der Waals surface area contributed by atoms with E-state index in [1.165, 1.54) is 12.1 Å². The first-order valence-electron chi connectivity index (χ1n) is 6.70. The van der Waals surface area contributed by atoms with Crippen molar-refractivity contribution in [2.24, 2.45) is 0 Å². The molecule has 0 N–H and O–H groups in total. The number of unbranched alkanes of at least 4 members (excludes halogenated alkanes) is 1. The standard InChI is InChI=1S/C15H15ClF2N2O/c1-2-3-4-14-19-15(16)13(9-21)20(14)8-10-5-6-11(17)7-12(10)18/h5-7,9H,2-4,8H2,1H3. The third kappa shape index (κ3) is 3.47. The molecule has 2 aromatic rings. The lowest BCUT2D eigenvalue weighted by atomic mass is 10.2. The van der Waals surface area contributed by atoms with Crippen molar-refractivity contribution < 1.29 is 13.6 Å². The fourth-order valence-corrected chi connectivity index (χ4v) is 2.36. The lowest BCUT2D eigenvalue weighted by Gasteiger charge is -2.10. The molecular formula is C15H15ClF2N2O. The first kappa shape index (κ1) is 15.6. The van der Waals surface area contributed by atoms with Crippen LogP contribution >= 0.6 is 11.6 Å². The number of halogens is 3. The highest BCUT2D eigenvalue weighted by Gasteiger charge is 2.16. The Labute approximate surface area is 126 Å². The van der Waals surface area contributed by atoms with Crippen LogP contribution < -0.4 is 0 Å². The Morgan fingerprint density at radius 1 is 1.38 bits per heavy atom. The fourth-order valence-electron chi connectivity index (χ4n) is 2.12. The van der Waals surface area contributed by atoms with E-state index in [9.17, 15) is 13.6 Å². The normalized spacial score (nSPS) is 10.9. The molecule has 21 heavy (non-hydrogen) atoms. The lowest BCUT2D eigenvalue weighted by Crippen LogP contribution is -2.10. The third-order valence-corrected chi connectivity index (χ3v) is 3.53. The van der Waals surface area contributed by atoms with Gasteiger partial charge in [0, 0.05) is 18.1 Å². The summed E-state index contributed by atoms with van der Waals surface area (Å²) in [5.74, 6) is -0.660. The lowest BCUT2D eigenvalue weighted by molar-refractivity contribution is 0.111. The maximum Gasteiger partial charge on any atom is 0.169 e. The van der Waals surface area contributed by atoms with E-state index in [0.717, 1.165) is 18.9 Å². The summed E-state index contributed by atoms with van der Waals surface area (Å²) >= 11 is 5.94. The number of hydrogen-bond acceptors (Lipinski definition) is 2. The SMILES string of the molecule is CCCCc1nc(Cl)c(C=O)n1Cc1ccc(F)cc1F. The molecule has 6 heteroatoms. The molecule has 0 aliphatic carbocycles. The highest BCUT2D eigenvalue weighted by Crippen LogP contribution is 2.20. The number of hydrogen-bond donors (Lipinski definition) is 0. The molecule has 2 rings (SSSR count). The smallest absolute Gasteiger partial charge is 0.169 e. The number of aryl methyl sites for hydroxylation is 1. The van der Waals surface area contributed by atoms with Crippen molar-refractivity contribution in [1.29, 1.82) is 0 Å². The van der Waals surface area contributed by atoms with Crippen LogP contribution in [0.4, 0.5) is 8.78 Å². The largest absolute Gasteiger partial charge is 0.320 e. The predicted molar refractivity (Wildman–Crippen MR) is 76.7 cm³/mol. The minimum Gasteiger partial charge on any atom is -0.320 e. The van der Waals surface area contributed by atoms with Crippen molar-refractivity contribution in [3.63, 3.8) is 0 Å². The summed E-state index contributed by atoms with van der Waals surface area (Å²) in [6.45, 7) is 2.13. The number of carbonyl (C=O) groups excluding carboxylic acids is 1. The molecule has 0 bridgehead atoms. The average molecular weight is 313 g/mol. The van der Waals surface area contributed by atoms with Crippen molar-refractivity contribution in [2.75, 3.05) is 0 Å². The topological polar surface area (TPSA) is 34.9 Å². The molecule has 0 aliphatic heterocycles. The molecule has 0 aliphatic rings. The van der Waals surface area contributed by atoms with Crippen LogP contribution in [0.15, 0.2) is 18.2 Å². The van der Waals surface area contributed by atoms with E-state index in [2.05, 4.69) is 4.98 Å². The Bertz CT molecular complexity index is 655. The molecule has 0 saturated carbocycles. The van der Waals surface area contributed by atoms with E-state index in [-0.39, 0.29) is 23.0 Å². The van der Waals surface area contributed by atoms with Crippen LogP contribution in [0, 0.1) is 11.6 Å². The quantitative estimate of drug-likeness (QED) is 0.755. The molecule has 0 amide bonds. The van der Waals surface area contributed by atoms with Crippen molar-refractivity contribution in [3.8, 4) is 0 Å². The number of imidazole rings is 1. The maximum atomic E-state index is 13.8. The monoisotopic (exact) mass is 312 g/mol. The Kier molecular flexibility index (Phi) is 5.07. The van der Waals surface area contributed by atoms with Gasteiger partial charge < -0.3 is 4.57 Å². The van der Waals surface area contributed by atoms with E-state index >= 15 is 0 Å². The summed E-state index contributed by atoms with van der Waals surface area (Å²) in [5.41, 5.74) is 0.498. The van der Waals surface area contributed by atoms with Gasteiger partial charge in [0.1, 0.15) is 23.2 Å². The molecular weight excluding hydrogens is 298 g/mol. The number of rotatable bonds is 6. The van der Waals surface area contributed by atoms with Gasteiger partial charge in [-0.3, -0.25) is 4.79 Å². The molecule has 0 atom stereocenters. The van der Waals surface area contributed by atoms with Crippen molar-refractivity contribution in [1.82, 2.24) is 9.55 Å². The van der Waals surface area contributed by atoms with Crippen LogP contribution in [0.1, 0.15) is 41.6 Å². The van der Waals surface area contributed by atoms with E-state index < -0.39 is 11.6 Å². The second kappa shape index (κ2) is 6.80. The summed E-state index contributed by atoms with van der Waals surface area (Å²) < 4.78 is 28.3. The molecule has 0 fully saturated rings. The number of aromatic nitrogens is 2. The maximum absolute atomic E-state index is 13.8. The molecule has 1 aromatic heterocycles. The number of aldehydes is 1. The molecule has 112 valence electrons. The highest BCUT2D eigenvalue weighted by molar-refractivity contribution is 6.31. The van der Waals surface area contributed by atoms with Crippen molar-refractivity contribution in [2.45, 2.75) is 32.7 Å². The van der Waals surface area contributed by atoms with Gasteiger partial charge in [-0.15, -0.1) is 0 Å². The molecule has 0 spiro atoms. The zero-order valence-electron chi connectivity index (χ0n) is 11.6. The molecule has 0 unspecified atom stereocenters. The minimum atomic E-state index is -0.655. The van der Waals surface area contributed by atoms with Gasteiger partial charge >= 0.3 is 0 Å². The zero-order chi connectivity index (χ0) is 15.4. The Morgan fingerprint density at radius 2 is 2.14 bits per heavy atom. The number of benzene rings is 1. The highest BCUT2D eigenvalue weighted by atomic mass is 35.5. The average Bonchev–Trinajstić information content (AvgIpc) is 2.74. The van der Waals surface area contributed by atoms with Gasteiger partial charge in [0.15, 0.2) is 11.4 Å². The summed E-state index contributed by atoms with van der Waals surface area (Å²) in [6.07, 6.45) is 3.10. The van der Waals surface area contributed by atoms with Gasteiger partial charge in [0.2, 0.25) is 0 Å². The second-order valence-electron chi connectivity index (χ2n) is 4.75. The summed E-state index contributed by atoms with van der Waals surface area (Å²) in [4.78, 5) is 15.3. The molecule has 3 nitrogen and oxygen atoms in total. The third-order valence-electron chi connectivity index (χ3n) is 3.25. The Morgan fingerprint density at radius 3 is 2.76 bits per heavy atom. The summed E-state index contributed by atoms with van der Waals surface area (Å²) in [7, 11) is 0. The molecule has 1 heterocycles. The van der Waals surface area contributed by atoms with E-state index in [4.69, 9.17) is 11.6 Å². The first-order valence-corrected chi connectivity index (χ1v) is 7.08. The summed E-state index contributed by atoms with van der Waals surface area (Å²) in [6, 6.07) is 3.36. The zero-order valence-corrected chi connectivity index (χ0v) is 12.3. The van der Waals surface area contributed by atoms with Crippen LogP contribution in [0.5, 0.6) is 0 Å². The van der Waals surface area contributed by atoms with Gasteiger partial charge in [-0.05, 0) is 12.5 Å². The predicted octanol–water partition coefficient (Wildman–Crippen LogP) is 4.02. The van der Waals surface area contributed by atoms with Gasteiger partial charge in [-0.25, -0.2) is 13.8 Å². The fraction of sp³-hybridized carbons (Fsp3) is 0.333. The van der Waals surface area contributed by atoms with Crippen LogP contribution in [-0.4, -0.2) is 15.8 Å². The van der Waals surface area contributed by atoms with Gasteiger partial charge in [0.05, 0.1) is 6.54 Å². The second-order valence-corrected chi connectivity index (χ2v) is 5.11. The Balaban J connectivity index is 2.39. The van der Waals surface area contributed by atoms with Gasteiger partial charge in [0.25, 0.3) is 0 Å². The van der Waals surface area contributed by atoms with E-state index in [1.807, 2.05) is 6.92 Å². The van der Waals surface area contributed by atoms with Crippen LogP contribution in [-0.2, 0) is 13.0 Å². The number of nitrogens with zero attached hydrogens (tertiary/aromatic N) is 2. The first-order chi connectivity index (χ1) is 10.1. The van der Waals surface area contributed by atoms with Crippen LogP contribution in [0.25, 0.3) is 0 Å². The van der Waals surface area contributed by atoms with E-state index in [0.29, 0.717) is 18.5 Å². The van der Waals surface area contributed by atoms with Crippen molar-refractivity contribution >= 4 is 17.9 Å². The van der Waals surface area contributed by atoms with Gasteiger partial charge in [-0.1, -0.05) is 31.0 Å². The number of carbonyl (C=O) groups is 1. The van der Waals surface area contributed by atoms with Crippen LogP contribution in [0.3, 0.4) is 0 Å². The van der Waals surface area contributed by atoms with Crippen LogP contribution in [0.2, 0.25) is 5.15 Å². The van der Waals surface area contributed by atoms with Crippen molar-refractivity contribution in [3.05, 3.63) is 52.1 Å². The Hall–Kier alpha value is -1.75. The minimum absolute atomic E-state index is 0.0962. The summed E-state index contributed by atoms with van der Waals surface area (Å²) in [5, 5.41) is 0.110. The van der Waals surface area contributed by atoms with Gasteiger partial charge in [-0.2, -0.15) is 0 Å².